The minimum atomic E-state index is -0.385. The molecule has 0 radical (unpaired) electrons. The van der Waals surface area contributed by atoms with Gasteiger partial charge >= 0.3 is 0 Å². The van der Waals surface area contributed by atoms with Crippen LogP contribution in [-0.2, 0) is 11.3 Å². The van der Waals surface area contributed by atoms with Crippen LogP contribution in [0.1, 0.15) is 5.76 Å². The number of hydrogen-bond donors (Lipinski definition) is 1. The number of nitrogens with one attached hydrogen (secondary N) is 1. The predicted molar refractivity (Wildman–Crippen MR) is 94.5 cm³/mol. The number of rotatable bonds is 5. The second kappa shape index (κ2) is 8.06. The summed E-state index contributed by atoms with van der Waals surface area (Å²) in [4.78, 5) is 16.5. The number of amides is 1. The van der Waals surface area contributed by atoms with E-state index < -0.39 is 0 Å². The number of benzene rings is 1. The first-order valence-electron chi connectivity index (χ1n) is 8.23. The molecule has 1 saturated heterocycles. The Morgan fingerprint density at radius 1 is 1.16 bits per heavy atom. The van der Waals surface area contributed by atoms with Gasteiger partial charge in [-0.15, -0.1) is 0 Å². The van der Waals surface area contributed by atoms with Crippen molar-refractivity contribution < 1.29 is 9.21 Å². The first kappa shape index (κ1) is 16.7. The van der Waals surface area contributed by atoms with Gasteiger partial charge in [0.1, 0.15) is 17.4 Å². The van der Waals surface area contributed by atoms with Crippen LogP contribution in [0.25, 0.3) is 0 Å². The Morgan fingerprint density at radius 3 is 2.56 bits per heavy atom. The van der Waals surface area contributed by atoms with Crippen molar-refractivity contribution in [1.29, 1.82) is 5.26 Å². The molecule has 25 heavy (non-hydrogen) atoms. The van der Waals surface area contributed by atoms with E-state index in [-0.39, 0.29) is 18.0 Å². The quantitative estimate of drug-likeness (QED) is 0.669. The second-order valence-corrected chi connectivity index (χ2v) is 5.78. The van der Waals surface area contributed by atoms with Crippen LogP contribution in [0.3, 0.4) is 0 Å². The van der Waals surface area contributed by atoms with Crippen molar-refractivity contribution >= 4 is 11.6 Å². The number of piperazine rings is 1. The lowest BCUT2D eigenvalue weighted by atomic mass is 10.2. The Kier molecular flexibility index (Phi) is 5.37. The van der Waals surface area contributed by atoms with Gasteiger partial charge in [-0.25, -0.2) is 0 Å². The molecule has 2 aromatic rings. The van der Waals surface area contributed by atoms with E-state index in [1.54, 1.807) is 24.6 Å². The van der Waals surface area contributed by atoms with E-state index in [9.17, 15) is 10.1 Å². The third kappa shape index (κ3) is 4.42. The van der Waals surface area contributed by atoms with Crippen molar-refractivity contribution in [2.45, 2.75) is 6.54 Å². The van der Waals surface area contributed by atoms with Gasteiger partial charge in [0.15, 0.2) is 0 Å². The smallest absolute Gasteiger partial charge is 0.263 e. The third-order valence-corrected chi connectivity index (χ3v) is 4.12. The fourth-order valence-electron chi connectivity index (χ4n) is 2.74. The van der Waals surface area contributed by atoms with E-state index >= 15 is 0 Å². The van der Waals surface area contributed by atoms with E-state index in [2.05, 4.69) is 22.3 Å². The van der Waals surface area contributed by atoms with Crippen molar-refractivity contribution in [3.63, 3.8) is 0 Å². The van der Waals surface area contributed by atoms with Crippen LogP contribution in [0, 0.1) is 11.3 Å². The molecule has 0 aliphatic carbocycles. The fraction of sp³-hybridized carbons (Fsp3) is 0.263. The second-order valence-electron chi connectivity index (χ2n) is 5.78. The molecule has 0 atom stereocenters. The fourth-order valence-corrected chi connectivity index (χ4v) is 2.74. The Bertz CT molecular complexity index is 754. The van der Waals surface area contributed by atoms with Crippen LogP contribution in [0.4, 0.5) is 5.69 Å². The minimum absolute atomic E-state index is 0.111. The topological polar surface area (TPSA) is 72.5 Å². The molecule has 128 valence electrons. The summed E-state index contributed by atoms with van der Waals surface area (Å²) >= 11 is 0. The number of nitrogens with zero attached hydrogens (tertiary/aromatic N) is 3. The van der Waals surface area contributed by atoms with Gasteiger partial charge in [0.05, 0.1) is 12.8 Å². The SMILES string of the molecule is N#C/C(=C/N1CCN(c2ccccc2)CC1)C(=O)NCc1ccco1. The average Bonchev–Trinajstić information content (AvgIpc) is 3.19. The number of anilines is 1. The van der Waals surface area contributed by atoms with Crippen LogP contribution < -0.4 is 10.2 Å². The Hall–Kier alpha value is -3.20. The molecule has 0 bridgehead atoms. The summed E-state index contributed by atoms with van der Waals surface area (Å²) in [6, 6.07) is 15.8. The molecule has 0 spiro atoms. The summed E-state index contributed by atoms with van der Waals surface area (Å²) in [7, 11) is 0. The predicted octanol–water partition coefficient (Wildman–Crippen LogP) is 2.13. The van der Waals surface area contributed by atoms with Crippen LogP contribution in [0.5, 0.6) is 0 Å². The minimum Gasteiger partial charge on any atom is -0.467 e. The maximum Gasteiger partial charge on any atom is 0.263 e. The van der Waals surface area contributed by atoms with Crippen molar-refractivity contribution in [2.24, 2.45) is 0 Å². The molecule has 3 rings (SSSR count). The number of para-hydroxylation sites is 1. The van der Waals surface area contributed by atoms with Gasteiger partial charge in [-0.1, -0.05) is 18.2 Å². The van der Waals surface area contributed by atoms with Crippen molar-refractivity contribution in [1.82, 2.24) is 10.2 Å². The van der Waals surface area contributed by atoms with E-state index in [1.807, 2.05) is 29.2 Å². The van der Waals surface area contributed by atoms with E-state index in [0.717, 1.165) is 26.2 Å². The van der Waals surface area contributed by atoms with E-state index in [4.69, 9.17) is 4.42 Å². The van der Waals surface area contributed by atoms with Crippen molar-refractivity contribution in [2.75, 3.05) is 31.1 Å². The number of carbonyl (C=O) groups is 1. The van der Waals surface area contributed by atoms with Crippen LogP contribution in [0.2, 0.25) is 0 Å². The molecule has 1 aliphatic rings. The summed E-state index contributed by atoms with van der Waals surface area (Å²) in [5.41, 5.74) is 1.31. The Labute approximate surface area is 146 Å². The molecular formula is C19H20N4O2. The highest BCUT2D eigenvalue weighted by Crippen LogP contribution is 2.16. The lowest BCUT2D eigenvalue weighted by Gasteiger charge is -2.35. The molecule has 1 aliphatic heterocycles. The summed E-state index contributed by atoms with van der Waals surface area (Å²) in [5, 5.41) is 12.0. The molecule has 6 nitrogen and oxygen atoms in total. The molecule has 1 amide bonds. The van der Waals surface area contributed by atoms with Crippen LogP contribution in [0.15, 0.2) is 64.9 Å². The number of furan rings is 1. The van der Waals surface area contributed by atoms with Gasteiger partial charge in [-0.2, -0.15) is 5.26 Å². The first-order valence-corrected chi connectivity index (χ1v) is 8.23. The highest BCUT2D eigenvalue weighted by atomic mass is 16.3. The molecule has 1 aromatic carbocycles. The van der Waals surface area contributed by atoms with Gasteiger partial charge in [-0.05, 0) is 24.3 Å². The van der Waals surface area contributed by atoms with Gasteiger partial charge in [0.25, 0.3) is 5.91 Å². The average molecular weight is 336 g/mol. The molecule has 1 N–H and O–H groups in total. The summed E-state index contributed by atoms with van der Waals surface area (Å²) in [6.07, 6.45) is 3.20. The highest BCUT2D eigenvalue weighted by Gasteiger charge is 2.17. The molecule has 1 aromatic heterocycles. The molecule has 2 heterocycles. The van der Waals surface area contributed by atoms with Crippen molar-refractivity contribution in [3.05, 3.63) is 66.3 Å². The molecule has 0 unspecified atom stereocenters. The lowest BCUT2D eigenvalue weighted by molar-refractivity contribution is -0.117. The zero-order valence-corrected chi connectivity index (χ0v) is 13.9. The number of nitriles is 1. The summed E-state index contributed by atoms with van der Waals surface area (Å²) in [6.45, 7) is 3.52. The Balaban J connectivity index is 1.54. The first-order chi connectivity index (χ1) is 12.3. The van der Waals surface area contributed by atoms with Crippen molar-refractivity contribution in [3.8, 4) is 6.07 Å². The van der Waals surface area contributed by atoms with Gasteiger partial charge in [-0.3, -0.25) is 4.79 Å². The van der Waals surface area contributed by atoms with E-state index in [0.29, 0.717) is 5.76 Å². The lowest BCUT2D eigenvalue weighted by Crippen LogP contribution is -2.44. The largest absolute Gasteiger partial charge is 0.467 e. The van der Waals surface area contributed by atoms with Crippen LogP contribution >= 0.6 is 0 Å². The monoisotopic (exact) mass is 336 g/mol. The zero-order valence-electron chi connectivity index (χ0n) is 13.9. The summed E-state index contributed by atoms with van der Waals surface area (Å²) in [5.74, 6) is 0.270. The number of carbonyl (C=O) groups excluding carboxylic acids is 1. The zero-order chi connectivity index (χ0) is 17.5. The normalized spacial score (nSPS) is 14.9. The van der Waals surface area contributed by atoms with Gasteiger partial charge in [0, 0.05) is 38.1 Å². The Morgan fingerprint density at radius 2 is 1.92 bits per heavy atom. The molecular weight excluding hydrogens is 316 g/mol. The van der Waals surface area contributed by atoms with Gasteiger partial charge < -0.3 is 19.5 Å². The molecule has 0 saturated carbocycles. The number of hydrogen-bond acceptors (Lipinski definition) is 5. The van der Waals surface area contributed by atoms with E-state index in [1.165, 1.54) is 5.69 Å². The van der Waals surface area contributed by atoms with Crippen LogP contribution in [-0.4, -0.2) is 37.0 Å². The van der Waals surface area contributed by atoms with Gasteiger partial charge in [0.2, 0.25) is 0 Å². The third-order valence-electron chi connectivity index (χ3n) is 4.12. The maximum atomic E-state index is 12.1. The standard InChI is InChI=1S/C19H20N4O2/c20-13-16(19(24)21-14-18-7-4-12-25-18)15-22-8-10-23(11-9-22)17-5-2-1-3-6-17/h1-7,12,15H,8-11,14H2,(H,21,24)/b16-15-. The molecule has 6 heteroatoms. The molecule has 1 fully saturated rings. The highest BCUT2D eigenvalue weighted by molar-refractivity contribution is 5.97. The maximum absolute atomic E-state index is 12.1. The summed E-state index contributed by atoms with van der Waals surface area (Å²) < 4.78 is 5.17.